The second-order valence-corrected chi connectivity index (χ2v) is 9.15. The Bertz CT molecular complexity index is 600. The first-order valence-electron chi connectivity index (χ1n) is 8.14. The molecule has 7 heteroatoms. The van der Waals surface area contributed by atoms with E-state index in [1.54, 1.807) is 0 Å². The lowest BCUT2D eigenvalue weighted by atomic mass is 9.87. The number of primary sulfonamides is 1. The third kappa shape index (κ3) is 3.66. The van der Waals surface area contributed by atoms with Crippen LogP contribution in [-0.4, -0.2) is 28.8 Å². The first-order valence-corrected chi connectivity index (χ1v) is 10.2. The van der Waals surface area contributed by atoms with Gasteiger partial charge in [0.2, 0.25) is 10.0 Å². The zero-order chi connectivity index (χ0) is 15.7. The zero-order valence-electron chi connectivity index (χ0n) is 12.7. The Morgan fingerprint density at radius 3 is 2.32 bits per heavy atom. The highest BCUT2D eigenvalue weighted by molar-refractivity contribution is 7.89. The molecule has 5 nitrogen and oxygen atoms in total. The van der Waals surface area contributed by atoms with Crippen molar-refractivity contribution in [2.75, 3.05) is 0 Å². The summed E-state index contributed by atoms with van der Waals surface area (Å²) in [4.78, 5) is 0. The van der Waals surface area contributed by atoms with Gasteiger partial charge in [-0.15, -0.1) is 11.6 Å². The third-order valence-electron chi connectivity index (χ3n) is 5.19. The molecular weight excluding hydrogens is 322 g/mol. The van der Waals surface area contributed by atoms with Crippen LogP contribution in [0.25, 0.3) is 0 Å². The van der Waals surface area contributed by atoms with Gasteiger partial charge in [0.25, 0.3) is 0 Å². The quantitative estimate of drug-likeness (QED) is 0.855. The molecule has 1 heterocycles. The molecule has 0 atom stereocenters. The van der Waals surface area contributed by atoms with E-state index in [1.807, 2.05) is 10.9 Å². The summed E-state index contributed by atoms with van der Waals surface area (Å²) >= 11 is 6.16. The van der Waals surface area contributed by atoms with Gasteiger partial charge < -0.3 is 0 Å². The minimum atomic E-state index is -3.39. The Hall–Kier alpha value is -0.590. The lowest BCUT2D eigenvalue weighted by Crippen LogP contribution is -2.33. The number of aromatic nitrogens is 2. The standard InChI is InChI=1S/C15H24ClN3O2S/c16-12-3-1-11(2-4-12)15-9-10-19(18-15)13-5-7-14(8-6-13)22(17,20)21/h9-14H,1-8H2,(H2,17,20,21). The number of halogens is 1. The van der Waals surface area contributed by atoms with Gasteiger partial charge in [0.1, 0.15) is 0 Å². The van der Waals surface area contributed by atoms with Crippen LogP contribution in [0.15, 0.2) is 12.3 Å². The highest BCUT2D eigenvalue weighted by Gasteiger charge is 2.30. The minimum Gasteiger partial charge on any atom is -0.269 e. The van der Waals surface area contributed by atoms with Gasteiger partial charge in [-0.1, -0.05) is 0 Å². The molecule has 0 amide bonds. The molecular formula is C15H24ClN3O2S. The molecule has 22 heavy (non-hydrogen) atoms. The van der Waals surface area contributed by atoms with Crippen molar-refractivity contribution in [3.05, 3.63) is 18.0 Å². The topological polar surface area (TPSA) is 78.0 Å². The molecule has 3 rings (SSSR count). The summed E-state index contributed by atoms with van der Waals surface area (Å²) in [6, 6.07) is 2.42. The molecule has 0 aromatic carbocycles. The SMILES string of the molecule is NS(=O)(=O)C1CCC(n2ccc(C3CCC(Cl)CC3)n2)CC1. The molecule has 2 aliphatic carbocycles. The Kier molecular flexibility index (Phi) is 4.80. The van der Waals surface area contributed by atoms with Gasteiger partial charge in [-0.25, -0.2) is 13.6 Å². The van der Waals surface area contributed by atoms with Gasteiger partial charge in [0, 0.05) is 17.5 Å². The molecule has 0 unspecified atom stereocenters. The molecule has 1 aromatic rings. The van der Waals surface area contributed by atoms with Gasteiger partial charge in [-0.2, -0.15) is 5.10 Å². The fourth-order valence-corrected chi connectivity index (χ4v) is 4.94. The van der Waals surface area contributed by atoms with E-state index < -0.39 is 10.0 Å². The van der Waals surface area contributed by atoms with Crippen LogP contribution in [0.3, 0.4) is 0 Å². The minimum absolute atomic E-state index is 0.302. The largest absolute Gasteiger partial charge is 0.269 e. The highest BCUT2D eigenvalue weighted by Crippen LogP contribution is 2.35. The molecule has 124 valence electrons. The fraction of sp³-hybridized carbons (Fsp3) is 0.800. The summed E-state index contributed by atoms with van der Waals surface area (Å²) in [6.45, 7) is 0. The smallest absolute Gasteiger partial charge is 0.211 e. The highest BCUT2D eigenvalue weighted by atomic mass is 35.5. The van der Waals surface area contributed by atoms with Crippen LogP contribution in [0.4, 0.5) is 0 Å². The molecule has 2 saturated carbocycles. The Morgan fingerprint density at radius 2 is 1.73 bits per heavy atom. The molecule has 1 aromatic heterocycles. The summed E-state index contributed by atoms with van der Waals surface area (Å²) in [5.41, 5.74) is 1.16. The van der Waals surface area contributed by atoms with Gasteiger partial charge >= 0.3 is 0 Å². The van der Waals surface area contributed by atoms with Crippen molar-refractivity contribution in [1.82, 2.24) is 9.78 Å². The van der Waals surface area contributed by atoms with Crippen molar-refractivity contribution in [1.29, 1.82) is 0 Å². The van der Waals surface area contributed by atoms with Crippen LogP contribution in [0.1, 0.15) is 69.0 Å². The fourth-order valence-electron chi connectivity index (χ4n) is 3.76. The Balaban J connectivity index is 1.60. The van der Waals surface area contributed by atoms with Crippen molar-refractivity contribution in [3.63, 3.8) is 0 Å². The number of hydrogen-bond donors (Lipinski definition) is 1. The van der Waals surface area contributed by atoms with Crippen LogP contribution in [0.5, 0.6) is 0 Å². The second kappa shape index (κ2) is 6.49. The maximum Gasteiger partial charge on any atom is 0.211 e. The predicted molar refractivity (Wildman–Crippen MR) is 87.5 cm³/mol. The van der Waals surface area contributed by atoms with Gasteiger partial charge in [-0.3, -0.25) is 4.68 Å². The number of alkyl halides is 1. The molecule has 2 fully saturated rings. The molecule has 0 bridgehead atoms. The zero-order valence-corrected chi connectivity index (χ0v) is 14.3. The van der Waals surface area contributed by atoms with Crippen LogP contribution < -0.4 is 5.14 Å². The van der Waals surface area contributed by atoms with E-state index in [9.17, 15) is 8.42 Å². The molecule has 0 saturated heterocycles. The van der Waals surface area contributed by atoms with Crippen molar-refractivity contribution in [2.45, 2.75) is 74.0 Å². The van der Waals surface area contributed by atoms with E-state index in [-0.39, 0.29) is 5.25 Å². The number of hydrogen-bond acceptors (Lipinski definition) is 3. The summed E-state index contributed by atoms with van der Waals surface area (Å²) in [5, 5.41) is 9.96. The van der Waals surface area contributed by atoms with E-state index >= 15 is 0 Å². The normalized spacial score (nSPS) is 33.7. The van der Waals surface area contributed by atoms with E-state index in [1.165, 1.54) is 0 Å². The van der Waals surface area contributed by atoms with Crippen LogP contribution in [0.2, 0.25) is 0 Å². The molecule has 2 N–H and O–H groups in total. The molecule has 0 spiro atoms. The summed E-state index contributed by atoms with van der Waals surface area (Å²) in [6.07, 6.45) is 9.34. The third-order valence-corrected chi connectivity index (χ3v) is 7.02. The van der Waals surface area contributed by atoms with E-state index in [0.717, 1.165) is 44.2 Å². The van der Waals surface area contributed by atoms with Crippen molar-refractivity contribution in [2.24, 2.45) is 5.14 Å². The second-order valence-electron chi connectivity index (χ2n) is 6.69. The van der Waals surface area contributed by atoms with Crippen LogP contribution in [0, 0.1) is 0 Å². The Labute approximate surface area is 137 Å². The molecule has 2 aliphatic rings. The lowest BCUT2D eigenvalue weighted by molar-refractivity contribution is 0.325. The molecule has 0 radical (unpaired) electrons. The van der Waals surface area contributed by atoms with Crippen LogP contribution >= 0.6 is 11.6 Å². The van der Waals surface area contributed by atoms with Crippen molar-refractivity contribution in [3.8, 4) is 0 Å². The monoisotopic (exact) mass is 345 g/mol. The van der Waals surface area contributed by atoms with Crippen molar-refractivity contribution < 1.29 is 8.42 Å². The van der Waals surface area contributed by atoms with Crippen molar-refractivity contribution >= 4 is 21.6 Å². The van der Waals surface area contributed by atoms with E-state index in [2.05, 4.69) is 6.07 Å². The van der Waals surface area contributed by atoms with Gasteiger partial charge in [0.15, 0.2) is 0 Å². The maximum absolute atomic E-state index is 11.4. The lowest BCUT2D eigenvalue weighted by Gasteiger charge is -2.27. The molecule has 0 aliphatic heterocycles. The average Bonchev–Trinajstić information content (AvgIpc) is 2.97. The summed E-state index contributed by atoms with van der Waals surface area (Å²) in [5.74, 6) is 0.525. The van der Waals surface area contributed by atoms with Gasteiger partial charge in [0.05, 0.1) is 17.0 Å². The first-order chi connectivity index (χ1) is 10.4. The number of sulfonamides is 1. The maximum atomic E-state index is 11.4. The summed E-state index contributed by atoms with van der Waals surface area (Å²) in [7, 11) is -3.39. The van der Waals surface area contributed by atoms with E-state index in [4.69, 9.17) is 21.8 Å². The van der Waals surface area contributed by atoms with E-state index in [0.29, 0.717) is 30.2 Å². The van der Waals surface area contributed by atoms with Crippen LogP contribution in [-0.2, 0) is 10.0 Å². The Morgan fingerprint density at radius 1 is 1.09 bits per heavy atom. The predicted octanol–water partition coefficient (Wildman–Crippen LogP) is 2.92. The number of nitrogens with zero attached hydrogens (tertiary/aromatic N) is 2. The summed E-state index contributed by atoms with van der Waals surface area (Å²) < 4.78 is 24.9. The average molecular weight is 346 g/mol. The number of rotatable bonds is 3. The van der Waals surface area contributed by atoms with Gasteiger partial charge in [-0.05, 0) is 57.4 Å². The number of nitrogens with two attached hydrogens (primary N) is 1. The first kappa shape index (κ1) is 16.3.